The molecule has 2 aromatic rings. The Balaban J connectivity index is 1.85. The number of likely N-dealkylation sites (tertiary alicyclic amines) is 1. The first-order valence-electron chi connectivity index (χ1n) is 10.5. The Morgan fingerprint density at radius 3 is 2.79 bits per heavy atom. The molecule has 1 amide bonds. The van der Waals surface area contributed by atoms with Crippen molar-refractivity contribution in [3.63, 3.8) is 0 Å². The van der Waals surface area contributed by atoms with E-state index in [2.05, 4.69) is 16.5 Å². The molecule has 28 heavy (non-hydrogen) atoms. The van der Waals surface area contributed by atoms with Crippen LogP contribution in [0.15, 0.2) is 23.3 Å². The second-order valence-electron chi connectivity index (χ2n) is 7.82. The number of piperidine rings is 1. The smallest absolute Gasteiger partial charge is 0.263 e. The number of rotatable bonds is 6. The molecule has 0 aliphatic carbocycles. The Labute approximate surface area is 167 Å². The van der Waals surface area contributed by atoms with Crippen molar-refractivity contribution in [3.8, 4) is 0 Å². The minimum atomic E-state index is -0.170. The Hall–Kier alpha value is -2.37. The first-order chi connectivity index (χ1) is 13.5. The number of carbonyl (C=O) groups excluding carboxylic acids is 1. The molecule has 0 unspecified atom stereocenters. The molecule has 3 heterocycles. The van der Waals surface area contributed by atoms with E-state index in [0.29, 0.717) is 25.2 Å². The van der Waals surface area contributed by atoms with Gasteiger partial charge in [-0.1, -0.05) is 13.3 Å². The predicted molar refractivity (Wildman–Crippen MR) is 111 cm³/mol. The summed E-state index contributed by atoms with van der Waals surface area (Å²) in [5.41, 5.74) is 1.82. The van der Waals surface area contributed by atoms with Crippen molar-refractivity contribution in [1.82, 2.24) is 19.0 Å². The zero-order valence-corrected chi connectivity index (χ0v) is 17.6. The summed E-state index contributed by atoms with van der Waals surface area (Å²) in [7, 11) is 0. The SMILES string of the molecule is CCCCn1ccnc1[C@@H]1CCCN(C(=O)c2c(C)cc(C)n(CC)c2=O)C1. The van der Waals surface area contributed by atoms with Crippen molar-refractivity contribution in [1.29, 1.82) is 0 Å². The zero-order chi connectivity index (χ0) is 20.3. The van der Waals surface area contributed by atoms with Crippen molar-refractivity contribution < 1.29 is 4.79 Å². The molecule has 1 aliphatic rings. The van der Waals surface area contributed by atoms with Crippen molar-refractivity contribution in [3.05, 3.63) is 51.5 Å². The molecule has 152 valence electrons. The summed E-state index contributed by atoms with van der Waals surface area (Å²) >= 11 is 0. The summed E-state index contributed by atoms with van der Waals surface area (Å²) in [5.74, 6) is 1.15. The van der Waals surface area contributed by atoms with Gasteiger partial charge in [0.25, 0.3) is 11.5 Å². The van der Waals surface area contributed by atoms with Crippen LogP contribution in [0.1, 0.15) is 72.9 Å². The number of hydrogen-bond donors (Lipinski definition) is 0. The number of aryl methyl sites for hydroxylation is 3. The highest BCUT2D eigenvalue weighted by Gasteiger charge is 2.30. The van der Waals surface area contributed by atoms with Gasteiger partial charge in [0.1, 0.15) is 11.4 Å². The molecule has 0 spiro atoms. The second kappa shape index (κ2) is 8.76. The molecule has 1 aliphatic heterocycles. The van der Waals surface area contributed by atoms with Gasteiger partial charge in [-0.2, -0.15) is 0 Å². The highest BCUT2D eigenvalue weighted by Crippen LogP contribution is 2.27. The average molecular weight is 385 g/mol. The minimum Gasteiger partial charge on any atom is -0.338 e. The van der Waals surface area contributed by atoms with E-state index in [1.165, 1.54) is 0 Å². The molecule has 1 fully saturated rings. The summed E-state index contributed by atoms with van der Waals surface area (Å²) in [5, 5.41) is 0. The zero-order valence-electron chi connectivity index (χ0n) is 17.6. The van der Waals surface area contributed by atoms with Crippen LogP contribution in [-0.4, -0.2) is 38.0 Å². The highest BCUT2D eigenvalue weighted by atomic mass is 16.2. The second-order valence-corrected chi connectivity index (χ2v) is 7.82. The lowest BCUT2D eigenvalue weighted by atomic mass is 9.96. The number of carbonyl (C=O) groups is 1. The first kappa shape index (κ1) is 20.4. The largest absolute Gasteiger partial charge is 0.338 e. The Morgan fingerprint density at radius 2 is 2.07 bits per heavy atom. The fourth-order valence-corrected chi connectivity index (χ4v) is 4.31. The fraction of sp³-hybridized carbons (Fsp3) is 0.591. The van der Waals surface area contributed by atoms with Crippen LogP contribution in [0.2, 0.25) is 0 Å². The predicted octanol–water partition coefficient (Wildman–Crippen LogP) is 3.50. The molecule has 6 nitrogen and oxygen atoms in total. The number of pyridine rings is 1. The van der Waals surface area contributed by atoms with Crippen LogP contribution in [0.5, 0.6) is 0 Å². The van der Waals surface area contributed by atoms with E-state index in [9.17, 15) is 9.59 Å². The van der Waals surface area contributed by atoms with Gasteiger partial charge in [0.05, 0.1) is 0 Å². The van der Waals surface area contributed by atoms with Crippen LogP contribution in [-0.2, 0) is 13.1 Å². The summed E-state index contributed by atoms with van der Waals surface area (Å²) in [6.07, 6.45) is 8.12. The normalized spacial score (nSPS) is 17.1. The maximum Gasteiger partial charge on any atom is 0.263 e. The van der Waals surface area contributed by atoms with Crippen LogP contribution in [0, 0.1) is 13.8 Å². The van der Waals surface area contributed by atoms with E-state index >= 15 is 0 Å². The van der Waals surface area contributed by atoms with Gasteiger partial charge in [0, 0.05) is 50.2 Å². The number of aromatic nitrogens is 3. The molecule has 1 atom stereocenters. The van der Waals surface area contributed by atoms with Gasteiger partial charge >= 0.3 is 0 Å². The quantitative estimate of drug-likeness (QED) is 0.766. The van der Waals surface area contributed by atoms with Crippen molar-refractivity contribution in [2.24, 2.45) is 0 Å². The Kier molecular flexibility index (Phi) is 6.37. The summed E-state index contributed by atoms with van der Waals surface area (Å²) in [6, 6.07) is 1.94. The molecule has 0 aromatic carbocycles. The monoisotopic (exact) mass is 384 g/mol. The van der Waals surface area contributed by atoms with E-state index in [1.54, 1.807) is 4.57 Å². The van der Waals surface area contributed by atoms with Crippen LogP contribution in [0.4, 0.5) is 0 Å². The summed E-state index contributed by atoms with van der Waals surface area (Å²) in [4.78, 5) is 32.6. The Bertz CT molecular complexity index is 896. The third-order valence-corrected chi connectivity index (χ3v) is 5.81. The maximum atomic E-state index is 13.3. The molecule has 1 saturated heterocycles. The van der Waals surface area contributed by atoms with Crippen LogP contribution in [0.3, 0.4) is 0 Å². The fourth-order valence-electron chi connectivity index (χ4n) is 4.31. The van der Waals surface area contributed by atoms with Crippen molar-refractivity contribution >= 4 is 5.91 Å². The Morgan fingerprint density at radius 1 is 1.29 bits per heavy atom. The topological polar surface area (TPSA) is 60.1 Å². The van der Waals surface area contributed by atoms with E-state index in [1.807, 2.05) is 44.1 Å². The van der Waals surface area contributed by atoms with Gasteiger partial charge < -0.3 is 14.0 Å². The number of imidazole rings is 1. The molecule has 0 N–H and O–H groups in total. The van der Waals surface area contributed by atoms with Crippen LogP contribution >= 0.6 is 0 Å². The average Bonchev–Trinajstić information content (AvgIpc) is 3.15. The van der Waals surface area contributed by atoms with Crippen molar-refractivity contribution in [2.75, 3.05) is 13.1 Å². The first-order valence-corrected chi connectivity index (χ1v) is 10.5. The van der Waals surface area contributed by atoms with E-state index < -0.39 is 0 Å². The number of amides is 1. The van der Waals surface area contributed by atoms with Gasteiger partial charge in [-0.25, -0.2) is 4.98 Å². The molecule has 0 saturated carbocycles. The summed E-state index contributed by atoms with van der Waals surface area (Å²) < 4.78 is 3.91. The third-order valence-electron chi connectivity index (χ3n) is 5.81. The molecule has 2 aromatic heterocycles. The molecular formula is C22H32N4O2. The lowest BCUT2D eigenvalue weighted by Gasteiger charge is -2.33. The van der Waals surface area contributed by atoms with Crippen LogP contribution in [0.25, 0.3) is 0 Å². The third kappa shape index (κ3) is 3.91. The molecule has 0 bridgehead atoms. The summed E-state index contributed by atoms with van der Waals surface area (Å²) in [6.45, 7) is 10.8. The van der Waals surface area contributed by atoms with E-state index in [0.717, 1.165) is 49.3 Å². The number of nitrogens with zero attached hydrogens (tertiary/aromatic N) is 4. The molecule has 0 radical (unpaired) electrons. The lowest BCUT2D eigenvalue weighted by Crippen LogP contribution is -2.43. The van der Waals surface area contributed by atoms with Gasteiger partial charge in [-0.15, -0.1) is 0 Å². The lowest BCUT2D eigenvalue weighted by molar-refractivity contribution is 0.0700. The molecule has 3 rings (SSSR count). The van der Waals surface area contributed by atoms with E-state index in [4.69, 9.17) is 0 Å². The van der Waals surface area contributed by atoms with E-state index in [-0.39, 0.29) is 17.4 Å². The highest BCUT2D eigenvalue weighted by molar-refractivity contribution is 5.95. The van der Waals surface area contributed by atoms with Crippen molar-refractivity contribution in [2.45, 2.75) is 72.4 Å². The van der Waals surface area contributed by atoms with Gasteiger partial charge in [-0.3, -0.25) is 9.59 Å². The van der Waals surface area contributed by atoms with Crippen LogP contribution < -0.4 is 5.56 Å². The van der Waals surface area contributed by atoms with Gasteiger partial charge in [0.2, 0.25) is 0 Å². The minimum absolute atomic E-state index is 0.138. The number of unbranched alkanes of at least 4 members (excludes halogenated alkanes) is 1. The van der Waals surface area contributed by atoms with Gasteiger partial charge in [0.15, 0.2) is 0 Å². The number of hydrogen-bond acceptors (Lipinski definition) is 3. The molecule has 6 heteroatoms. The van der Waals surface area contributed by atoms with Gasteiger partial charge in [-0.05, 0) is 51.7 Å². The molecular weight excluding hydrogens is 352 g/mol. The maximum absolute atomic E-state index is 13.3. The standard InChI is InChI=1S/C22H32N4O2/c1-5-7-11-24-13-10-23-20(24)18-9-8-12-25(15-18)21(27)19-16(3)14-17(4)26(6-2)22(19)28/h10,13-14,18H,5-9,11-12,15H2,1-4H3/t18-/m1/s1.